The second-order valence-electron chi connectivity index (χ2n) is 1.86. The van der Waals surface area contributed by atoms with Gasteiger partial charge in [0.05, 0.1) is 10.1 Å². The van der Waals surface area contributed by atoms with Gasteiger partial charge in [0.25, 0.3) is 0 Å². The molecule has 91 valence electrons. The molecule has 5 heteroatoms. The van der Waals surface area contributed by atoms with Crippen molar-refractivity contribution in [3.8, 4) is 0 Å². The van der Waals surface area contributed by atoms with Crippen LogP contribution < -0.4 is 0 Å². The Labute approximate surface area is 104 Å². The molecule has 0 bridgehead atoms. The van der Waals surface area contributed by atoms with Crippen LogP contribution in [0.5, 0.6) is 0 Å². The average Bonchev–Trinajstić information content (AvgIpc) is 2.08. The predicted octanol–water partition coefficient (Wildman–Crippen LogP) is 2.51. The molecule has 15 heavy (non-hydrogen) atoms. The van der Waals surface area contributed by atoms with Gasteiger partial charge in [0.1, 0.15) is 0 Å². The first kappa shape index (κ1) is 24.1. The Hall–Kier alpha value is -0.351. The SMILES string of the molecule is C.CC.CS(=O)(=O)[O-].[Mn].c1ccccc1. The molecule has 3 nitrogen and oxygen atoms in total. The van der Waals surface area contributed by atoms with Gasteiger partial charge in [0.15, 0.2) is 0 Å². The monoisotopic (exact) mass is 274 g/mol. The van der Waals surface area contributed by atoms with Crippen LogP contribution in [0.2, 0.25) is 0 Å². The Bertz CT molecular complexity index is 237. The summed E-state index contributed by atoms with van der Waals surface area (Å²) in [4.78, 5) is 0. The van der Waals surface area contributed by atoms with E-state index in [1.165, 1.54) is 0 Å². The summed E-state index contributed by atoms with van der Waals surface area (Å²) in [6.45, 7) is 4.00. The minimum absolute atomic E-state index is 0. The Morgan fingerprint density at radius 3 is 1.00 bits per heavy atom. The van der Waals surface area contributed by atoms with Crippen molar-refractivity contribution < 1.29 is 30.0 Å². The molecule has 0 aliphatic carbocycles. The summed E-state index contributed by atoms with van der Waals surface area (Å²) < 4.78 is 27.2. The van der Waals surface area contributed by atoms with Crippen molar-refractivity contribution in [3.63, 3.8) is 0 Å². The number of rotatable bonds is 0. The van der Waals surface area contributed by atoms with Gasteiger partial charge in [-0.1, -0.05) is 57.7 Å². The van der Waals surface area contributed by atoms with Crippen LogP contribution >= 0.6 is 0 Å². The van der Waals surface area contributed by atoms with Crippen molar-refractivity contribution in [2.45, 2.75) is 21.3 Å². The largest absolute Gasteiger partial charge is 0.748 e. The van der Waals surface area contributed by atoms with E-state index in [2.05, 4.69) is 0 Å². The fourth-order valence-corrected chi connectivity index (χ4v) is 0.385. The van der Waals surface area contributed by atoms with Crippen molar-refractivity contribution in [2.75, 3.05) is 6.26 Å². The van der Waals surface area contributed by atoms with E-state index in [1.807, 2.05) is 50.2 Å². The van der Waals surface area contributed by atoms with Crippen LogP contribution in [0, 0.1) is 0 Å². The van der Waals surface area contributed by atoms with E-state index in [0.717, 1.165) is 0 Å². The molecule has 0 spiro atoms. The number of hydrogen-bond acceptors (Lipinski definition) is 3. The minimum atomic E-state index is -3.92. The minimum Gasteiger partial charge on any atom is -0.748 e. The first-order valence-corrected chi connectivity index (χ1v) is 5.72. The van der Waals surface area contributed by atoms with E-state index < -0.39 is 10.1 Å². The number of benzene rings is 1. The summed E-state index contributed by atoms with van der Waals surface area (Å²) in [5.41, 5.74) is 0. The summed E-state index contributed by atoms with van der Waals surface area (Å²) in [5, 5.41) is 0. The zero-order chi connectivity index (χ0) is 10.7. The third-order valence-electron chi connectivity index (χ3n) is 0.667. The van der Waals surface area contributed by atoms with Crippen LogP contribution in [0.4, 0.5) is 0 Å². The maximum Gasteiger partial charge on any atom is 0.0916 e. The summed E-state index contributed by atoms with van der Waals surface area (Å²) >= 11 is 0. The molecule has 0 aromatic heterocycles. The van der Waals surface area contributed by atoms with E-state index in [4.69, 9.17) is 13.0 Å². The van der Waals surface area contributed by atoms with Crippen LogP contribution in [-0.4, -0.2) is 19.2 Å². The standard InChI is InChI=1S/C6H6.C2H6.CH4O3S.CH4.Mn/c1-2-4-6-5-3-1;1-2;1-5(2,3)4;;/h1-6H;1-2H3;1H3,(H,2,3,4);1H4;/p-1. The van der Waals surface area contributed by atoms with Crippen molar-refractivity contribution in [2.24, 2.45) is 0 Å². The molecule has 1 rings (SSSR count). The normalized spacial score (nSPS) is 7.47. The molecule has 0 aliphatic rings. The van der Waals surface area contributed by atoms with Gasteiger partial charge in [-0.2, -0.15) is 0 Å². The molecule has 1 aromatic carbocycles. The maximum absolute atomic E-state index is 9.08. The second kappa shape index (κ2) is 16.1. The van der Waals surface area contributed by atoms with Crippen LogP contribution in [0.25, 0.3) is 0 Å². The van der Waals surface area contributed by atoms with Gasteiger partial charge in [0, 0.05) is 23.3 Å². The van der Waals surface area contributed by atoms with Crippen LogP contribution in [0.3, 0.4) is 0 Å². The van der Waals surface area contributed by atoms with Crippen LogP contribution in [-0.2, 0) is 27.2 Å². The zero-order valence-corrected chi connectivity index (χ0v) is 10.5. The molecule has 0 heterocycles. The molecule has 0 saturated carbocycles. The van der Waals surface area contributed by atoms with E-state index in [-0.39, 0.29) is 24.5 Å². The Morgan fingerprint density at radius 1 is 0.867 bits per heavy atom. The van der Waals surface area contributed by atoms with Gasteiger partial charge >= 0.3 is 0 Å². The quantitative estimate of drug-likeness (QED) is 0.539. The predicted molar refractivity (Wildman–Crippen MR) is 60.1 cm³/mol. The molecule has 0 atom stereocenters. The van der Waals surface area contributed by atoms with Crippen molar-refractivity contribution in [1.82, 2.24) is 0 Å². The van der Waals surface area contributed by atoms with Gasteiger partial charge < -0.3 is 4.55 Å². The van der Waals surface area contributed by atoms with E-state index in [0.29, 0.717) is 6.26 Å². The molecular weight excluding hydrogens is 255 g/mol. The van der Waals surface area contributed by atoms with E-state index >= 15 is 0 Å². The Balaban J connectivity index is -0.0000000629. The first-order valence-electron chi connectivity index (χ1n) is 3.91. The molecule has 0 N–H and O–H groups in total. The van der Waals surface area contributed by atoms with Crippen molar-refractivity contribution in [1.29, 1.82) is 0 Å². The molecule has 1 radical (unpaired) electrons. The summed E-state index contributed by atoms with van der Waals surface area (Å²) in [7, 11) is -3.92. The Kier molecular flexibility index (Phi) is 25.8. The fraction of sp³-hybridized carbons (Fsp3) is 0.400. The van der Waals surface area contributed by atoms with Gasteiger partial charge in [-0.05, 0) is 0 Å². The van der Waals surface area contributed by atoms with E-state index in [1.54, 1.807) is 0 Å². The van der Waals surface area contributed by atoms with Gasteiger partial charge in [-0.3, -0.25) is 0 Å². The van der Waals surface area contributed by atoms with Gasteiger partial charge in [0.2, 0.25) is 0 Å². The topological polar surface area (TPSA) is 57.2 Å². The van der Waals surface area contributed by atoms with E-state index in [9.17, 15) is 0 Å². The summed E-state index contributed by atoms with van der Waals surface area (Å²) in [5.74, 6) is 0. The fourth-order valence-electron chi connectivity index (χ4n) is 0.385. The molecule has 0 fully saturated rings. The molecule has 1 aromatic rings. The third-order valence-corrected chi connectivity index (χ3v) is 0.667. The smallest absolute Gasteiger partial charge is 0.0916 e. The molecule has 0 unspecified atom stereocenters. The average molecular weight is 274 g/mol. The van der Waals surface area contributed by atoms with Crippen LogP contribution in [0.1, 0.15) is 21.3 Å². The third kappa shape index (κ3) is 58.0. The summed E-state index contributed by atoms with van der Waals surface area (Å²) in [6.07, 6.45) is 0.604. The Morgan fingerprint density at radius 2 is 0.933 bits per heavy atom. The molecule has 0 aliphatic heterocycles. The maximum atomic E-state index is 9.08. The van der Waals surface area contributed by atoms with Crippen molar-refractivity contribution >= 4 is 10.1 Å². The number of hydrogen-bond donors (Lipinski definition) is 0. The van der Waals surface area contributed by atoms with Crippen LogP contribution in [0.15, 0.2) is 36.4 Å². The zero-order valence-electron chi connectivity index (χ0n) is 8.48. The first-order chi connectivity index (χ1) is 6.00. The molecular formula is C10H19MnO3S-. The van der Waals surface area contributed by atoms with Gasteiger partial charge in [-0.25, -0.2) is 8.42 Å². The molecule has 0 saturated heterocycles. The second-order valence-corrected chi connectivity index (χ2v) is 3.27. The summed E-state index contributed by atoms with van der Waals surface area (Å²) in [6, 6.07) is 12.0. The molecule has 0 amide bonds. The van der Waals surface area contributed by atoms with Gasteiger partial charge in [-0.15, -0.1) is 0 Å². The van der Waals surface area contributed by atoms with Crippen molar-refractivity contribution in [3.05, 3.63) is 36.4 Å².